The van der Waals surface area contributed by atoms with Gasteiger partial charge in [-0.1, -0.05) is 0 Å². The van der Waals surface area contributed by atoms with Crippen LogP contribution >= 0.6 is 0 Å². The molecule has 2 N–H and O–H groups in total. The second-order valence-corrected chi connectivity index (χ2v) is 9.82. The van der Waals surface area contributed by atoms with Crippen LogP contribution in [0.25, 0.3) is 5.69 Å². The van der Waals surface area contributed by atoms with Crippen molar-refractivity contribution in [2.45, 2.75) is 37.6 Å². The molecule has 31 heavy (non-hydrogen) atoms. The van der Waals surface area contributed by atoms with Gasteiger partial charge in [0.25, 0.3) is 0 Å². The molecule has 0 unspecified atom stereocenters. The molecular weight excluding hydrogens is 412 g/mol. The van der Waals surface area contributed by atoms with Gasteiger partial charge in [-0.15, -0.1) is 0 Å². The lowest BCUT2D eigenvalue weighted by molar-refractivity contribution is 0.0919. The molecule has 0 spiro atoms. The van der Waals surface area contributed by atoms with Crippen LogP contribution in [0, 0.1) is 13.8 Å². The summed E-state index contributed by atoms with van der Waals surface area (Å²) in [6.45, 7) is 5.16. The number of aryl methyl sites for hydroxylation is 2. The predicted molar refractivity (Wildman–Crippen MR) is 120 cm³/mol. The lowest BCUT2D eigenvalue weighted by Gasteiger charge is -2.24. The van der Waals surface area contributed by atoms with Gasteiger partial charge < -0.3 is 9.13 Å². The van der Waals surface area contributed by atoms with Crippen molar-refractivity contribution in [1.29, 1.82) is 0 Å². The highest BCUT2D eigenvalue weighted by Gasteiger charge is 2.30. The summed E-state index contributed by atoms with van der Waals surface area (Å²) in [5, 5.41) is 5.20. The smallest absolute Gasteiger partial charge is 0.238 e. The van der Waals surface area contributed by atoms with Crippen LogP contribution in [0.2, 0.25) is 0 Å². The number of ketones is 1. The van der Waals surface area contributed by atoms with Gasteiger partial charge in [-0.3, -0.25) is 9.69 Å². The van der Waals surface area contributed by atoms with Gasteiger partial charge >= 0.3 is 0 Å². The van der Waals surface area contributed by atoms with Gasteiger partial charge in [0.1, 0.15) is 0 Å². The van der Waals surface area contributed by atoms with E-state index in [1.54, 1.807) is 12.1 Å². The zero-order valence-electron chi connectivity index (χ0n) is 18.1. The van der Waals surface area contributed by atoms with E-state index in [0.717, 1.165) is 36.5 Å². The maximum absolute atomic E-state index is 13.2. The Balaban J connectivity index is 1.58. The highest BCUT2D eigenvalue weighted by molar-refractivity contribution is 7.89. The van der Waals surface area contributed by atoms with Crippen LogP contribution in [0.3, 0.4) is 0 Å². The van der Waals surface area contributed by atoms with Crippen molar-refractivity contribution in [3.05, 3.63) is 71.3 Å². The van der Waals surface area contributed by atoms with E-state index in [9.17, 15) is 13.2 Å². The number of aromatic nitrogens is 2. The molecule has 1 saturated heterocycles. The lowest BCUT2D eigenvalue weighted by Crippen LogP contribution is -2.30. The summed E-state index contributed by atoms with van der Waals surface area (Å²) in [5.41, 5.74) is 4.51. The van der Waals surface area contributed by atoms with Crippen LogP contribution in [0.5, 0.6) is 0 Å². The minimum Gasteiger partial charge on any atom is -0.353 e. The number of primary sulfonamides is 1. The average Bonchev–Trinajstić information content (AvgIpc) is 3.40. The minimum absolute atomic E-state index is 0.0655. The summed E-state index contributed by atoms with van der Waals surface area (Å²) in [6.07, 6.45) is 4.18. The van der Waals surface area contributed by atoms with E-state index in [1.807, 2.05) is 43.8 Å². The van der Waals surface area contributed by atoms with E-state index in [-0.39, 0.29) is 16.7 Å². The summed E-state index contributed by atoms with van der Waals surface area (Å²) in [5.74, 6) is 0.0987. The number of hydrogen-bond donors (Lipinski definition) is 1. The van der Waals surface area contributed by atoms with Gasteiger partial charge in [-0.25, -0.2) is 13.6 Å². The number of Topliss-reactive ketones (excluding diaryl/α,β-unsaturated/α-hetero) is 1. The number of rotatable bonds is 6. The first-order valence-electron chi connectivity index (χ1n) is 10.4. The lowest BCUT2D eigenvalue weighted by atomic mass is 10.1. The number of nitrogens with two attached hydrogens (primary N) is 1. The van der Waals surface area contributed by atoms with Gasteiger partial charge in [0.05, 0.1) is 17.5 Å². The van der Waals surface area contributed by atoms with Crippen molar-refractivity contribution < 1.29 is 13.2 Å². The molecule has 1 fully saturated rings. The third kappa shape index (κ3) is 4.11. The van der Waals surface area contributed by atoms with E-state index in [0.29, 0.717) is 12.1 Å². The number of carbonyl (C=O) groups excluding carboxylic acids is 1. The summed E-state index contributed by atoms with van der Waals surface area (Å²) in [4.78, 5) is 15.6. The Morgan fingerprint density at radius 1 is 1.16 bits per heavy atom. The fraction of sp³-hybridized carbons (Fsp3) is 0.348. The Kier molecular flexibility index (Phi) is 5.63. The van der Waals surface area contributed by atoms with Crippen molar-refractivity contribution in [1.82, 2.24) is 14.0 Å². The van der Waals surface area contributed by atoms with E-state index in [2.05, 4.69) is 15.5 Å². The topological polar surface area (TPSA) is 90.3 Å². The quantitative estimate of drug-likeness (QED) is 0.597. The van der Waals surface area contributed by atoms with Crippen LogP contribution in [0.1, 0.15) is 46.3 Å². The van der Waals surface area contributed by atoms with Crippen LogP contribution < -0.4 is 5.14 Å². The molecule has 2 aromatic heterocycles. The number of carbonyl (C=O) groups is 1. The zero-order chi connectivity index (χ0) is 22.3. The first kappa shape index (κ1) is 21.5. The molecule has 0 aliphatic carbocycles. The maximum Gasteiger partial charge on any atom is 0.238 e. The zero-order valence-corrected chi connectivity index (χ0v) is 18.9. The first-order chi connectivity index (χ1) is 14.7. The summed E-state index contributed by atoms with van der Waals surface area (Å²) in [6, 6.07) is 12.7. The minimum atomic E-state index is -3.74. The Bertz CT molecular complexity index is 1220. The highest BCUT2D eigenvalue weighted by atomic mass is 32.2. The van der Waals surface area contributed by atoms with Crippen LogP contribution in [0.15, 0.2) is 53.6 Å². The normalized spacial score (nSPS) is 17.4. The Hall–Kier alpha value is -2.68. The molecule has 7 nitrogen and oxygen atoms in total. The van der Waals surface area contributed by atoms with Crippen molar-refractivity contribution in [3.8, 4) is 5.69 Å². The SMILES string of the molecule is Cc1cc(C(=O)CN2CCC[C@H]2c2cccn2C)c(C)n1-c1ccc(S(N)(=O)=O)cc1. The van der Waals surface area contributed by atoms with Crippen molar-refractivity contribution in [3.63, 3.8) is 0 Å². The van der Waals surface area contributed by atoms with Gasteiger partial charge in [0, 0.05) is 41.6 Å². The molecule has 3 heterocycles. The van der Waals surface area contributed by atoms with E-state index in [4.69, 9.17) is 5.14 Å². The molecule has 0 amide bonds. The molecule has 164 valence electrons. The maximum atomic E-state index is 13.2. The third-order valence-electron chi connectivity index (χ3n) is 6.19. The predicted octanol–water partition coefficient (Wildman–Crippen LogP) is 3.10. The molecule has 0 radical (unpaired) electrons. The molecule has 1 atom stereocenters. The molecular formula is C23H28N4O3S. The van der Waals surface area contributed by atoms with Crippen LogP contribution in [0.4, 0.5) is 0 Å². The van der Waals surface area contributed by atoms with Crippen molar-refractivity contribution >= 4 is 15.8 Å². The summed E-state index contributed by atoms with van der Waals surface area (Å²) >= 11 is 0. The molecule has 8 heteroatoms. The summed E-state index contributed by atoms with van der Waals surface area (Å²) < 4.78 is 27.2. The van der Waals surface area contributed by atoms with Crippen LogP contribution in [-0.4, -0.2) is 41.3 Å². The second kappa shape index (κ2) is 8.11. The molecule has 1 aliphatic rings. The van der Waals surface area contributed by atoms with E-state index in [1.165, 1.54) is 17.8 Å². The fourth-order valence-electron chi connectivity index (χ4n) is 4.67. The van der Waals surface area contributed by atoms with Gasteiger partial charge in [-0.2, -0.15) is 0 Å². The Morgan fingerprint density at radius 2 is 1.87 bits per heavy atom. The number of hydrogen-bond acceptors (Lipinski definition) is 4. The average molecular weight is 441 g/mol. The third-order valence-corrected chi connectivity index (χ3v) is 7.12. The Labute approximate surface area is 183 Å². The largest absolute Gasteiger partial charge is 0.353 e. The monoisotopic (exact) mass is 440 g/mol. The van der Waals surface area contributed by atoms with E-state index < -0.39 is 10.0 Å². The number of sulfonamides is 1. The Morgan fingerprint density at radius 3 is 2.48 bits per heavy atom. The van der Waals surface area contributed by atoms with Crippen molar-refractivity contribution in [2.75, 3.05) is 13.1 Å². The molecule has 1 aromatic carbocycles. The molecule has 3 aromatic rings. The van der Waals surface area contributed by atoms with Gasteiger partial charge in [0.2, 0.25) is 10.0 Å². The fourth-order valence-corrected chi connectivity index (χ4v) is 5.18. The standard InChI is InChI=1S/C23H28N4O3S/c1-16-14-20(17(2)27(16)18-8-10-19(11-9-18)31(24,29)30)23(28)15-26-13-5-7-22(26)21-6-4-12-25(21)3/h4,6,8-12,14,22H,5,7,13,15H2,1-3H3,(H2,24,29,30)/t22-/m0/s1. The van der Waals surface area contributed by atoms with Crippen molar-refractivity contribution in [2.24, 2.45) is 12.2 Å². The van der Waals surface area contributed by atoms with Gasteiger partial charge in [0.15, 0.2) is 5.78 Å². The van der Waals surface area contributed by atoms with Gasteiger partial charge in [-0.05, 0) is 75.7 Å². The number of benzene rings is 1. The highest BCUT2D eigenvalue weighted by Crippen LogP contribution is 2.32. The second-order valence-electron chi connectivity index (χ2n) is 8.25. The molecule has 0 bridgehead atoms. The molecule has 0 saturated carbocycles. The molecule has 4 rings (SSSR count). The van der Waals surface area contributed by atoms with E-state index >= 15 is 0 Å². The number of nitrogens with zero attached hydrogens (tertiary/aromatic N) is 3. The molecule has 1 aliphatic heterocycles. The number of likely N-dealkylation sites (tertiary alicyclic amines) is 1. The van der Waals surface area contributed by atoms with Crippen LogP contribution in [-0.2, 0) is 17.1 Å². The summed E-state index contributed by atoms with van der Waals surface area (Å²) in [7, 11) is -1.70. The first-order valence-corrected chi connectivity index (χ1v) is 11.9.